The van der Waals surface area contributed by atoms with Crippen molar-refractivity contribution in [2.24, 2.45) is 0 Å². The first-order chi connectivity index (χ1) is 21.4. The predicted molar refractivity (Wildman–Crippen MR) is 172 cm³/mol. The van der Waals surface area contributed by atoms with Crippen LogP contribution in [0.1, 0.15) is 55.5 Å². The van der Waals surface area contributed by atoms with E-state index in [4.69, 9.17) is 4.74 Å². The molecule has 2 aliphatic heterocycles. The predicted octanol–water partition coefficient (Wildman–Crippen LogP) is 5.02. The number of ether oxygens (including phenoxy) is 1. The normalized spacial score (nSPS) is 17.5. The third kappa shape index (κ3) is 5.88. The number of hydrogen-bond acceptors (Lipinski definition) is 6. The van der Waals surface area contributed by atoms with Crippen LogP contribution in [0.5, 0.6) is 0 Å². The van der Waals surface area contributed by atoms with Crippen molar-refractivity contribution in [1.82, 2.24) is 19.4 Å². The molecule has 0 radical (unpaired) electrons. The molecule has 2 fully saturated rings. The third-order valence-electron chi connectivity index (χ3n) is 9.22. The van der Waals surface area contributed by atoms with E-state index < -0.39 is 5.54 Å². The molecule has 0 aliphatic carbocycles. The maximum Gasteiger partial charge on any atom is 0.338 e. The molecule has 0 bridgehead atoms. The van der Waals surface area contributed by atoms with Gasteiger partial charge in [-0.3, -0.25) is 9.36 Å². The van der Waals surface area contributed by atoms with Crippen LogP contribution in [-0.2, 0) is 22.6 Å². The van der Waals surface area contributed by atoms with E-state index in [0.717, 1.165) is 67.6 Å². The molecule has 2 aliphatic rings. The maximum atomic E-state index is 14.2. The average Bonchev–Trinajstić information content (AvgIpc) is 3.51. The molecular weight excluding hydrogens is 554 g/mol. The molecule has 1 atom stereocenters. The van der Waals surface area contributed by atoms with Crippen LogP contribution in [-0.4, -0.2) is 69.2 Å². The lowest BCUT2D eigenvalue weighted by Crippen LogP contribution is -2.56. The number of anilines is 1. The summed E-state index contributed by atoms with van der Waals surface area (Å²) in [5.74, 6) is -0.197. The first kappa shape index (κ1) is 29.7. The highest BCUT2D eigenvalue weighted by Crippen LogP contribution is 2.40. The van der Waals surface area contributed by atoms with Crippen LogP contribution < -0.4 is 10.6 Å². The molecule has 3 heterocycles. The van der Waals surface area contributed by atoms with Gasteiger partial charge < -0.3 is 24.4 Å². The molecule has 44 heavy (non-hydrogen) atoms. The molecule has 9 nitrogen and oxygen atoms in total. The number of nitrogens with one attached hydrogen (secondary N) is 1. The van der Waals surface area contributed by atoms with Gasteiger partial charge in [-0.05, 0) is 81.1 Å². The quantitative estimate of drug-likeness (QED) is 0.259. The number of nitrogens with zero attached hydrogens (tertiary/aromatic N) is 4. The van der Waals surface area contributed by atoms with E-state index in [1.165, 1.54) is 0 Å². The van der Waals surface area contributed by atoms with Crippen LogP contribution in [0, 0.1) is 0 Å². The van der Waals surface area contributed by atoms with Gasteiger partial charge in [-0.15, -0.1) is 0 Å². The molecule has 9 heteroatoms. The van der Waals surface area contributed by atoms with Crippen LogP contribution in [0.4, 0.5) is 5.69 Å². The van der Waals surface area contributed by atoms with Gasteiger partial charge in [-0.1, -0.05) is 49.4 Å². The highest BCUT2D eigenvalue weighted by Gasteiger charge is 2.53. The van der Waals surface area contributed by atoms with Gasteiger partial charge in [-0.25, -0.2) is 9.59 Å². The zero-order chi connectivity index (χ0) is 30.7. The third-order valence-corrected chi connectivity index (χ3v) is 9.22. The van der Waals surface area contributed by atoms with Crippen molar-refractivity contribution >= 4 is 28.6 Å². The number of para-hydroxylation sites is 3. The van der Waals surface area contributed by atoms with Crippen LogP contribution >= 0.6 is 0 Å². The van der Waals surface area contributed by atoms with Gasteiger partial charge in [0.05, 0.1) is 29.4 Å². The summed E-state index contributed by atoms with van der Waals surface area (Å²) in [5.41, 5.74) is 3.57. The van der Waals surface area contributed by atoms with E-state index in [0.29, 0.717) is 25.3 Å². The van der Waals surface area contributed by atoms with Gasteiger partial charge in [0.15, 0.2) is 0 Å². The van der Waals surface area contributed by atoms with E-state index in [1.807, 2.05) is 84.0 Å². The first-order valence-corrected chi connectivity index (χ1v) is 15.7. The Hall–Kier alpha value is -4.37. The molecule has 0 unspecified atom stereocenters. The van der Waals surface area contributed by atoms with Crippen LogP contribution in [0.15, 0.2) is 83.7 Å². The molecular formula is C35H41N5O4. The molecule has 2 saturated heterocycles. The number of imidazole rings is 1. The summed E-state index contributed by atoms with van der Waals surface area (Å²) >= 11 is 0. The van der Waals surface area contributed by atoms with Gasteiger partial charge in [0.2, 0.25) is 5.91 Å². The number of hydrogen-bond donors (Lipinski definition) is 1. The molecule has 6 rings (SSSR count). The molecule has 1 N–H and O–H groups in total. The van der Waals surface area contributed by atoms with Crippen LogP contribution in [0.3, 0.4) is 0 Å². The Labute approximate surface area is 258 Å². The highest BCUT2D eigenvalue weighted by molar-refractivity contribution is 5.94. The van der Waals surface area contributed by atoms with Crippen molar-refractivity contribution in [1.29, 1.82) is 0 Å². The Morgan fingerprint density at radius 3 is 2.48 bits per heavy atom. The van der Waals surface area contributed by atoms with Crippen molar-refractivity contribution in [3.8, 4) is 0 Å². The number of esters is 1. The van der Waals surface area contributed by atoms with Crippen molar-refractivity contribution in [3.63, 3.8) is 0 Å². The summed E-state index contributed by atoms with van der Waals surface area (Å²) in [4.78, 5) is 48.9. The van der Waals surface area contributed by atoms with Gasteiger partial charge in [0.25, 0.3) is 0 Å². The average molecular weight is 596 g/mol. The Morgan fingerprint density at radius 1 is 0.955 bits per heavy atom. The molecule has 1 spiro atoms. The summed E-state index contributed by atoms with van der Waals surface area (Å²) in [6, 6.07) is 25.4. The fourth-order valence-corrected chi connectivity index (χ4v) is 6.60. The zero-order valence-electron chi connectivity index (χ0n) is 25.6. The van der Waals surface area contributed by atoms with Crippen LogP contribution in [0.25, 0.3) is 11.0 Å². The first-order valence-electron chi connectivity index (χ1n) is 15.7. The van der Waals surface area contributed by atoms with Crippen molar-refractivity contribution in [2.75, 3.05) is 31.2 Å². The fourth-order valence-electron chi connectivity index (χ4n) is 6.60. The summed E-state index contributed by atoms with van der Waals surface area (Å²) in [7, 11) is 0. The molecule has 0 saturated carbocycles. The van der Waals surface area contributed by atoms with Gasteiger partial charge >= 0.3 is 11.7 Å². The van der Waals surface area contributed by atoms with Crippen molar-refractivity contribution < 1.29 is 14.3 Å². The standard InChI is InChI=1S/C35H41N5O4/c1-3-26(2)44-32(41)28-12-9-11-27(23-28)24-38-25-40(29-13-5-4-6-14-29)35(33(38)42)17-21-37(22-18-35)19-10-20-39-31-16-8-7-15-30(31)36-34(39)43/h4-9,11-16,23,26H,3,10,17-22,24-25H2,1-2H3,(H,36,43)/t26-/m0/s1. The largest absolute Gasteiger partial charge is 0.459 e. The summed E-state index contributed by atoms with van der Waals surface area (Å²) in [6.45, 7) is 7.93. The number of fused-ring (bicyclic) bond motifs is 1. The number of likely N-dealkylation sites (tertiary alicyclic amines) is 1. The number of rotatable bonds is 10. The number of benzene rings is 3. The number of carbonyl (C=O) groups excluding carboxylic acids is 2. The molecule has 1 aromatic heterocycles. The smallest absolute Gasteiger partial charge is 0.338 e. The SMILES string of the molecule is CC[C@H](C)OC(=O)c1cccc(CN2CN(c3ccccc3)C3(CCN(CCCn4c(=O)[nH]c5ccccc54)CC3)C2=O)c1. The Bertz CT molecular complexity index is 1670. The second-order valence-corrected chi connectivity index (χ2v) is 12.1. The van der Waals surface area contributed by atoms with E-state index in [1.54, 1.807) is 6.07 Å². The molecule has 4 aromatic rings. The summed E-state index contributed by atoms with van der Waals surface area (Å²) in [6.07, 6.45) is 2.92. The van der Waals surface area contributed by atoms with Crippen molar-refractivity contribution in [3.05, 3.63) is 100 Å². The summed E-state index contributed by atoms with van der Waals surface area (Å²) < 4.78 is 7.34. The number of aryl methyl sites for hydroxylation is 1. The second kappa shape index (κ2) is 12.7. The van der Waals surface area contributed by atoms with Crippen molar-refractivity contribution in [2.45, 2.75) is 64.3 Å². The minimum absolute atomic E-state index is 0.0723. The lowest BCUT2D eigenvalue weighted by atomic mass is 9.85. The molecule has 1 amide bonds. The Morgan fingerprint density at radius 2 is 1.70 bits per heavy atom. The lowest BCUT2D eigenvalue weighted by molar-refractivity contribution is -0.134. The maximum absolute atomic E-state index is 14.2. The van der Waals surface area contributed by atoms with Gasteiger partial charge in [-0.2, -0.15) is 0 Å². The lowest BCUT2D eigenvalue weighted by Gasteiger charge is -2.43. The number of aromatic amines is 1. The number of carbonyl (C=O) groups is 2. The molecule has 3 aromatic carbocycles. The Balaban J connectivity index is 1.14. The topological polar surface area (TPSA) is 90.9 Å². The second-order valence-electron chi connectivity index (χ2n) is 12.1. The van der Waals surface area contributed by atoms with Gasteiger partial charge in [0, 0.05) is 31.9 Å². The zero-order valence-corrected chi connectivity index (χ0v) is 25.6. The van der Waals surface area contributed by atoms with Crippen LogP contribution in [0.2, 0.25) is 0 Å². The summed E-state index contributed by atoms with van der Waals surface area (Å²) in [5, 5.41) is 0. The van der Waals surface area contributed by atoms with E-state index in [-0.39, 0.29) is 23.7 Å². The number of amides is 1. The minimum atomic E-state index is -0.612. The van der Waals surface area contributed by atoms with E-state index >= 15 is 0 Å². The Kier molecular flexibility index (Phi) is 8.57. The monoisotopic (exact) mass is 595 g/mol. The van der Waals surface area contributed by atoms with Gasteiger partial charge in [0.1, 0.15) is 5.54 Å². The minimum Gasteiger partial charge on any atom is -0.459 e. The number of H-pyrrole nitrogens is 1. The number of aromatic nitrogens is 2. The number of piperidine rings is 1. The van der Waals surface area contributed by atoms with E-state index in [2.05, 4.69) is 26.9 Å². The highest BCUT2D eigenvalue weighted by atomic mass is 16.5. The molecule has 230 valence electrons. The van der Waals surface area contributed by atoms with E-state index in [9.17, 15) is 14.4 Å². The fraction of sp³-hybridized carbons (Fsp3) is 0.400.